The van der Waals surface area contributed by atoms with Crippen LogP contribution in [0.5, 0.6) is 5.75 Å². The molecule has 0 unspecified atom stereocenters. The van der Waals surface area contributed by atoms with Gasteiger partial charge in [-0.1, -0.05) is 36.1 Å². The highest BCUT2D eigenvalue weighted by atomic mass is 16.5. The first-order chi connectivity index (χ1) is 13.7. The maximum absolute atomic E-state index is 12.9. The van der Waals surface area contributed by atoms with Crippen LogP contribution < -0.4 is 4.74 Å². The predicted molar refractivity (Wildman–Crippen MR) is 110 cm³/mol. The lowest BCUT2D eigenvalue weighted by Crippen LogP contribution is -2.38. The smallest absolute Gasteiger partial charge is 0.167 e. The Morgan fingerprint density at radius 3 is 2.82 bits per heavy atom. The summed E-state index contributed by atoms with van der Waals surface area (Å²) in [6, 6.07) is 15.7. The molecule has 1 aliphatic rings. The van der Waals surface area contributed by atoms with Crippen LogP contribution in [0.3, 0.4) is 0 Å². The van der Waals surface area contributed by atoms with Crippen LogP contribution in [0.2, 0.25) is 0 Å². The number of nitrogens with zero attached hydrogens (tertiary/aromatic N) is 1. The van der Waals surface area contributed by atoms with E-state index in [1.165, 1.54) is 5.56 Å². The molecule has 0 aliphatic carbocycles. The van der Waals surface area contributed by atoms with Crippen LogP contribution in [0.25, 0.3) is 0 Å². The molecule has 1 heterocycles. The second-order valence-electron chi connectivity index (χ2n) is 7.14. The number of likely N-dealkylation sites (tertiary alicyclic amines) is 1. The van der Waals surface area contributed by atoms with Crippen molar-refractivity contribution in [2.24, 2.45) is 5.92 Å². The van der Waals surface area contributed by atoms with Crippen LogP contribution in [0.1, 0.15) is 40.7 Å². The number of ether oxygens (including phenoxy) is 1. The van der Waals surface area contributed by atoms with Crippen LogP contribution in [0, 0.1) is 17.8 Å². The number of ketones is 1. The van der Waals surface area contributed by atoms with Gasteiger partial charge in [-0.2, -0.15) is 0 Å². The summed E-state index contributed by atoms with van der Waals surface area (Å²) in [5, 5.41) is 8.79. The van der Waals surface area contributed by atoms with Gasteiger partial charge in [0, 0.05) is 36.6 Å². The van der Waals surface area contributed by atoms with Gasteiger partial charge in [-0.3, -0.25) is 9.69 Å². The van der Waals surface area contributed by atoms with Gasteiger partial charge in [0.15, 0.2) is 5.78 Å². The fourth-order valence-corrected chi connectivity index (χ4v) is 3.60. The highest BCUT2D eigenvalue weighted by Gasteiger charge is 2.26. The Bertz CT molecular complexity index is 848. The number of piperidine rings is 1. The SMILES string of the molecule is COc1cccc(C(=O)[C@@H]2CCCN(Cc3ccc(C#CCCO)cc3)C2)c1. The van der Waals surface area contributed by atoms with Crippen molar-refractivity contribution in [1.29, 1.82) is 0 Å². The minimum absolute atomic E-state index is 0.0319. The number of rotatable bonds is 6. The van der Waals surface area contributed by atoms with Gasteiger partial charge in [0.1, 0.15) is 5.75 Å². The van der Waals surface area contributed by atoms with Crippen LogP contribution in [0.15, 0.2) is 48.5 Å². The zero-order valence-corrected chi connectivity index (χ0v) is 16.4. The summed E-state index contributed by atoms with van der Waals surface area (Å²) in [5.74, 6) is 6.95. The second-order valence-corrected chi connectivity index (χ2v) is 7.14. The molecule has 0 amide bonds. The number of benzene rings is 2. The Balaban J connectivity index is 1.60. The average molecular weight is 377 g/mol. The summed E-state index contributed by atoms with van der Waals surface area (Å²) < 4.78 is 5.25. The highest BCUT2D eigenvalue weighted by molar-refractivity contribution is 5.98. The van der Waals surface area contributed by atoms with E-state index in [0.717, 1.165) is 49.4 Å². The monoisotopic (exact) mass is 377 g/mol. The molecule has 4 nitrogen and oxygen atoms in total. The molecule has 28 heavy (non-hydrogen) atoms. The van der Waals surface area contributed by atoms with E-state index in [1.807, 2.05) is 36.4 Å². The maximum atomic E-state index is 12.9. The zero-order valence-electron chi connectivity index (χ0n) is 16.4. The Morgan fingerprint density at radius 1 is 1.25 bits per heavy atom. The first-order valence-corrected chi connectivity index (χ1v) is 9.79. The summed E-state index contributed by atoms with van der Waals surface area (Å²) in [5.41, 5.74) is 2.92. The van der Waals surface area contributed by atoms with E-state index in [0.29, 0.717) is 6.42 Å². The Morgan fingerprint density at radius 2 is 2.07 bits per heavy atom. The fourth-order valence-electron chi connectivity index (χ4n) is 3.60. The lowest BCUT2D eigenvalue weighted by atomic mass is 9.89. The van der Waals surface area contributed by atoms with Crippen molar-refractivity contribution < 1.29 is 14.6 Å². The number of carbonyl (C=O) groups is 1. The molecule has 3 rings (SSSR count). The number of hydrogen-bond donors (Lipinski definition) is 1. The van der Waals surface area contributed by atoms with Gasteiger partial charge in [0.25, 0.3) is 0 Å². The third kappa shape index (κ3) is 5.45. The summed E-state index contributed by atoms with van der Waals surface area (Å²) in [6.45, 7) is 2.73. The number of methoxy groups -OCH3 is 1. The largest absolute Gasteiger partial charge is 0.497 e. The molecule has 1 fully saturated rings. The number of Topliss-reactive ketones (excluding diaryl/α,β-unsaturated/α-hetero) is 1. The van der Waals surface area contributed by atoms with E-state index in [4.69, 9.17) is 9.84 Å². The number of hydrogen-bond acceptors (Lipinski definition) is 4. The van der Waals surface area contributed by atoms with Gasteiger partial charge in [0.2, 0.25) is 0 Å². The Labute approximate surface area is 167 Å². The molecule has 2 aromatic rings. The molecule has 1 saturated heterocycles. The first kappa shape index (κ1) is 20.1. The topological polar surface area (TPSA) is 49.8 Å². The van der Waals surface area contributed by atoms with E-state index in [-0.39, 0.29) is 18.3 Å². The minimum atomic E-state index is 0.0319. The van der Waals surface area contributed by atoms with Crippen molar-refractivity contribution in [2.75, 3.05) is 26.8 Å². The molecule has 1 N–H and O–H groups in total. The van der Waals surface area contributed by atoms with Gasteiger partial charge in [-0.15, -0.1) is 0 Å². The van der Waals surface area contributed by atoms with Crippen LogP contribution >= 0.6 is 0 Å². The summed E-state index contributed by atoms with van der Waals surface area (Å²) >= 11 is 0. The van der Waals surface area contributed by atoms with Gasteiger partial charge >= 0.3 is 0 Å². The van der Waals surface area contributed by atoms with Crippen molar-refractivity contribution in [3.05, 3.63) is 65.2 Å². The van der Waals surface area contributed by atoms with Crippen molar-refractivity contribution in [2.45, 2.75) is 25.8 Å². The summed E-state index contributed by atoms with van der Waals surface area (Å²) in [7, 11) is 1.62. The third-order valence-corrected chi connectivity index (χ3v) is 5.06. The number of aliphatic hydroxyl groups excluding tert-OH is 1. The molecule has 0 aromatic heterocycles. The molecule has 0 saturated carbocycles. The Kier molecular flexibility index (Phi) is 7.25. The molecule has 0 spiro atoms. The quantitative estimate of drug-likeness (QED) is 0.618. The van der Waals surface area contributed by atoms with Crippen molar-refractivity contribution in [3.63, 3.8) is 0 Å². The van der Waals surface area contributed by atoms with Gasteiger partial charge in [-0.25, -0.2) is 0 Å². The molecular formula is C24H27NO3. The molecule has 2 aromatic carbocycles. The van der Waals surface area contributed by atoms with E-state index in [9.17, 15) is 4.79 Å². The van der Waals surface area contributed by atoms with Gasteiger partial charge < -0.3 is 9.84 Å². The third-order valence-electron chi connectivity index (χ3n) is 5.06. The normalized spacial score (nSPS) is 16.9. The van der Waals surface area contributed by atoms with Gasteiger partial charge in [-0.05, 0) is 49.2 Å². The number of carbonyl (C=O) groups excluding carboxylic acids is 1. The van der Waals surface area contributed by atoms with Crippen LogP contribution in [-0.4, -0.2) is 42.6 Å². The molecule has 146 valence electrons. The molecule has 1 aliphatic heterocycles. The standard InChI is InChI=1S/C24H27NO3/c1-28-23-9-4-7-21(16-23)24(27)22-8-5-14-25(18-22)17-20-12-10-19(11-13-20)6-2-3-15-26/h4,7,9-13,16,22,26H,3,5,8,14-15,17-18H2,1H3/t22-/m1/s1. The van der Waals surface area contributed by atoms with E-state index in [2.05, 4.69) is 28.9 Å². The van der Waals surface area contributed by atoms with Crippen molar-refractivity contribution in [1.82, 2.24) is 4.90 Å². The van der Waals surface area contributed by atoms with Crippen LogP contribution in [-0.2, 0) is 6.54 Å². The molecule has 0 radical (unpaired) electrons. The lowest BCUT2D eigenvalue weighted by Gasteiger charge is -2.32. The second kappa shape index (κ2) is 10.1. The highest BCUT2D eigenvalue weighted by Crippen LogP contribution is 2.24. The zero-order chi connectivity index (χ0) is 19.8. The van der Waals surface area contributed by atoms with E-state index < -0.39 is 0 Å². The van der Waals surface area contributed by atoms with Crippen LogP contribution in [0.4, 0.5) is 0 Å². The minimum Gasteiger partial charge on any atom is -0.497 e. The summed E-state index contributed by atoms with van der Waals surface area (Å²) in [6.07, 6.45) is 2.47. The first-order valence-electron chi connectivity index (χ1n) is 9.79. The average Bonchev–Trinajstić information content (AvgIpc) is 2.75. The molecular weight excluding hydrogens is 350 g/mol. The fraction of sp³-hybridized carbons (Fsp3) is 0.375. The lowest BCUT2D eigenvalue weighted by molar-refractivity contribution is 0.0811. The molecule has 0 bridgehead atoms. The summed E-state index contributed by atoms with van der Waals surface area (Å²) in [4.78, 5) is 15.3. The van der Waals surface area contributed by atoms with E-state index in [1.54, 1.807) is 7.11 Å². The predicted octanol–water partition coefficient (Wildman–Crippen LogP) is 3.52. The van der Waals surface area contributed by atoms with Crippen molar-refractivity contribution in [3.8, 4) is 17.6 Å². The Hall–Kier alpha value is -2.61. The van der Waals surface area contributed by atoms with Gasteiger partial charge in [0.05, 0.1) is 13.7 Å². The molecule has 1 atom stereocenters. The van der Waals surface area contributed by atoms with Crippen molar-refractivity contribution >= 4 is 5.78 Å². The van der Waals surface area contributed by atoms with E-state index >= 15 is 0 Å². The maximum Gasteiger partial charge on any atom is 0.167 e. The number of aliphatic hydroxyl groups is 1. The molecule has 4 heteroatoms.